The van der Waals surface area contributed by atoms with Crippen molar-refractivity contribution in [2.45, 2.75) is 49.0 Å². The Morgan fingerprint density at radius 1 is 0.677 bits per heavy atom. The van der Waals surface area contributed by atoms with Gasteiger partial charge >= 0.3 is 0 Å². The molecule has 0 saturated carbocycles. The van der Waals surface area contributed by atoms with Crippen LogP contribution in [0.1, 0.15) is 16.7 Å². The summed E-state index contributed by atoms with van der Waals surface area (Å²) in [6.07, 6.45) is -3.75. The summed E-state index contributed by atoms with van der Waals surface area (Å²) in [7, 11) is 0. The first-order valence-corrected chi connectivity index (χ1v) is 10.5. The molecule has 1 heterocycles. The van der Waals surface area contributed by atoms with Crippen LogP contribution >= 0.6 is 0 Å². The van der Waals surface area contributed by atoms with E-state index in [2.05, 4.69) is 0 Å². The van der Waals surface area contributed by atoms with E-state index in [-0.39, 0.29) is 19.3 Å². The van der Waals surface area contributed by atoms with E-state index in [4.69, 9.17) is 4.74 Å². The number of aliphatic hydroxyl groups excluding tert-OH is 2. The SMILES string of the molecule is OC(Cc1ccccc1)[C@H]1O[C@H](O)[C@](O)(Cc2ccccc2)[C@@]1(O)Cc1ccccc1. The fraction of sp³-hybridized carbons (Fsp3) is 0.308. The molecule has 0 aliphatic carbocycles. The van der Waals surface area contributed by atoms with E-state index in [9.17, 15) is 20.4 Å². The van der Waals surface area contributed by atoms with Gasteiger partial charge < -0.3 is 25.2 Å². The molecule has 4 N–H and O–H groups in total. The predicted octanol–water partition coefficient (Wildman–Crippen LogP) is 2.25. The van der Waals surface area contributed by atoms with E-state index in [1.807, 2.05) is 91.0 Å². The molecule has 5 heteroatoms. The topological polar surface area (TPSA) is 90.2 Å². The van der Waals surface area contributed by atoms with Crippen molar-refractivity contribution >= 4 is 0 Å². The van der Waals surface area contributed by atoms with Crippen LogP contribution in [0.25, 0.3) is 0 Å². The second kappa shape index (κ2) is 8.91. The van der Waals surface area contributed by atoms with E-state index < -0.39 is 29.7 Å². The van der Waals surface area contributed by atoms with Gasteiger partial charge in [0, 0.05) is 19.3 Å². The van der Waals surface area contributed by atoms with E-state index >= 15 is 0 Å². The summed E-state index contributed by atoms with van der Waals surface area (Å²) in [6, 6.07) is 27.8. The van der Waals surface area contributed by atoms with Crippen LogP contribution in [0.3, 0.4) is 0 Å². The van der Waals surface area contributed by atoms with E-state index in [1.54, 1.807) is 0 Å². The van der Waals surface area contributed by atoms with Gasteiger partial charge in [0.2, 0.25) is 0 Å². The summed E-state index contributed by atoms with van der Waals surface area (Å²) < 4.78 is 5.68. The molecule has 0 bridgehead atoms. The molecule has 31 heavy (non-hydrogen) atoms. The zero-order chi connectivity index (χ0) is 21.9. The lowest BCUT2D eigenvalue weighted by Crippen LogP contribution is -2.63. The highest BCUT2D eigenvalue weighted by molar-refractivity contribution is 5.28. The molecule has 0 spiro atoms. The summed E-state index contributed by atoms with van der Waals surface area (Å²) in [4.78, 5) is 0. The Morgan fingerprint density at radius 2 is 1.10 bits per heavy atom. The van der Waals surface area contributed by atoms with Gasteiger partial charge in [0.15, 0.2) is 11.9 Å². The van der Waals surface area contributed by atoms with Crippen molar-refractivity contribution in [1.29, 1.82) is 0 Å². The lowest BCUT2D eigenvalue weighted by atomic mass is 9.71. The molecule has 4 rings (SSSR count). The zero-order valence-corrected chi connectivity index (χ0v) is 17.2. The van der Waals surface area contributed by atoms with Crippen molar-refractivity contribution in [3.05, 3.63) is 108 Å². The highest BCUT2D eigenvalue weighted by Crippen LogP contribution is 2.45. The third-order valence-corrected chi connectivity index (χ3v) is 6.17. The number of benzene rings is 3. The smallest absolute Gasteiger partial charge is 0.187 e. The molecule has 3 aromatic rings. The number of hydrogen-bond donors (Lipinski definition) is 4. The standard InChI is InChI=1S/C26H28O5/c27-22(16-19-10-4-1-5-11-19)23-25(29,17-20-12-6-2-7-13-20)26(30,24(28)31-23)18-21-14-8-3-9-15-21/h1-15,22-24,27-30H,16-18H2/t22?,23-,24+,25-,26-/m1/s1. The molecule has 1 unspecified atom stereocenters. The number of aliphatic hydroxyl groups is 4. The molecule has 3 aromatic carbocycles. The lowest BCUT2D eigenvalue weighted by molar-refractivity contribution is -0.192. The third kappa shape index (κ3) is 4.28. The quantitative estimate of drug-likeness (QED) is 0.471. The normalized spacial score (nSPS) is 29.0. The molecule has 0 amide bonds. The Balaban J connectivity index is 1.69. The molecule has 0 aromatic heterocycles. The molecule has 5 atom stereocenters. The maximum atomic E-state index is 11.9. The van der Waals surface area contributed by atoms with Gasteiger partial charge in [-0.15, -0.1) is 0 Å². The van der Waals surface area contributed by atoms with E-state index in [0.29, 0.717) is 0 Å². The Bertz CT molecular complexity index is 965. The third-order valence-electron chi connectivity index (χ3n) is 6.17. The van der Waals surface area contributed by atoms with Gasteiger partial charge in [-0.05, 0) is 16.7 Å². The van der Waals surface area contributed by atoms with E-state index in [0.717, 1.165) is 16.7 Å². The summed E-state index contributed by atoms with van der Waals surface area (Å²) in [5, 5.41) is 45.3. The summed E-state index contributed by atoms with van der Waals surface area (Å²) in [6.45, 7) is 0. The molecule has 1 aliphatic rings. The summed E-state index contributed by atoms with van der Waals surface area (Å²) in [5.41, 5.74) is -1.54. The van der Waals surface area contributed by atoms with Crippen LogP contribution in [0, 0.1) is 0 Å². The van der Waals surface area contributed by atoms with Crippen molar-refractivity contribution in [1.82, 2.24) is 0 Å². The maximum absolute atomic E-state index is 11.9. The highest BCUT2D eigenvalue weighted by atomic mass is 16.7. The molecule has 1 aliphatic heterocycles. The Morgan fingerprint density at radius 3 is 1.58 bits per heavy atom. The van der Waals surface area contributed by atoms with Crippen molar-refractivity contribution < 1.29 is 25.2 Å². The average molecular weight is 421 g/mol. The Labute approximate surface area is 182 Å². The molecule has 1 saturated heterocycles. The first kappa shape index (κ1) is 21.7. The maximum Gasteiger partial charge on any atom is 0.187 e. The van der Waals surface area contributed by atoms with Crippen LogP contribution in [0.5, 0.6) is 0 Å². The molecule has 5 nitrogen and oxygen atoms in total. The Kier molecular flexibility index (Phi) is 6.23. The second-order valence-electron chi connectivity index (χ2n) is 8.34. The average Bonchev–Trinajstić information content (AvgIpc) is 2.96. The predicted molar refractivity (Wildman–Crippen MR) is 117 cm³/mol. The molecule has 162 valence electrons. The first-order chi connectivity index (χ1) is 14.9. The van der Waals surface area contributed by atoms with Gasteiger partial charge in [-0.3, -0.25) is 0 Å². The molecular formula is C26H28O5. The molecule has 1 fully saturated rings. The zero-order valence-electron chi connectivity index (χ0n) is 17.2. The fourth-order valence-corrected chi connectivity index (χ4v) is 4.50. The van der Waals surface area contributed by atoms with Crippen LogP contribution in [0.4, 0.5) is 0 Å². The lowest BCUT2D eigenvalue weighted by Gasteiger charge is -2.41. The van der Waals surface area contributed by atoms with Crippen molar-refractivity contribution in [2.75, 3.05) is 0 Å². The van der Waals surface area contributed by atoms with Gasteiger partial charge in [-0.25, -0.2) is 0 Å². The van der Waals surface area contributed by atoms with Gasteiger partial charge in [-0.1, -0.05) is 91.0 Å². The summed E-state index contributed by atoms with van der Waals surface area (Å²) >= 11 is 0. The monoisotopic (exact) mass is 420 g/mol. The van der Waals surface area contributed by atoms with Crippen LogP contribution in [-0.4, -0.2) is 50.1 Å². The van der Waals surface area contributed by atoms with Crippen molar-refractivity contribution in [2.24, 2.45) is 0 Å². The Hall–Kier alpha value is -2.54. The number of hydrogen-bond acceptors (Lipinski definition) is 5. The fourth-order valence-electron chi connectivity index (χ4n) is 4.50. The number of rotatable bonds is 7. The van der Waals surface area contributed by atoms with Gasteiger partial charge in [0.05, 0.1) is 6.10 Å². The van der Waals surface area contributed by atoms with Crippen molar-refractivity contribution in [3.8, 4) is 0 Å². The number of ether oxygens (including phenoxy) is 1. The minimum atomic E-state index is -2.01. The van der Waals surface area contributed by atoms with Gasteiger partial charge in [-0.2, -0.15) is 0 Å². The van der Waals surface area contributed by atoms with Crippen molar-refractivity contribution in [3.63, 3.8) is 0 Å². The first-order valence-electron chi connectivity index (χ1n) is 10.5. The summed E-state index contributed by atoms with van der Waals surface area (Å²) in [5.74, 6) is 0. The van der Waals surface area contributed by atoms with Gasteiger partial charge in [0.25, 0.3) is 0 Å². The second-order valence-corrected chi connectivity index (χ2v) is 8.34. The van der Waals surface area contributed by atoms with Crippen LogP contribution in [-0.2, 0) is 24.0 Å². The molecule has 0 radical (unpaired) electrons. The largest absolute Gasteiger partial charge is 0.390 e. The van der Waals surface area contributed by atoms with Crippen LogP contribution < -0.4 is 0 Å². The van der Waals surface area contributed by atoms with Crippen LogP contribution in [0.15, 0.2) is 91.0 Å². The van der Waals surface area contributed by atoms with Gasteiger partial charge in [0.1, 0.15) is 11.7 Å². The highest BCUT2D eigenvalue weighted by Gasteiger charge is 2.66. The molecular weight excluding hydrogens is 392 g/mol. The minimum Gasteiger partial charge on any atom is -0.390 e. The van der Waals surface area contributed by atoms with E-state index in [1.165, 1.54) is 0 Å². The minimum absolute atomic E-state index is 0.0186. The van der Waals surface area contributed by atoms with Crippen LogP contribution in [0.2, 0.25) is 0 Å².